The summed E-state index contributed by atoms with van der Waals surface area (Å²) >= 11 is 0. The highest BCUT2D eigenvalue weighted by molar-refractivity contribution is 5.94. The van der Waals surface area contributed by atoms with E-state index in [9.17, 15) is 0 Å². The first-order chi connectivity index (χ1) is 12.6. The molecule has 0 aliphatic carbocycles. The standard InChI is InChI=1S/C18H21N5O3/c1-21-18(20)23-6-4-12-9-16(26-13-3-5-22-17(19)10-13)15(11-14(12)23)25-8-7-24-2/h3-6,9-11H,7-8H2,1-2H3,(H2,19,22)(H2,20,21). The van der Waals surface area contributed by atoms with Crippen molar-refractivity contribution < 1.29 is 14.2 Å². The Bertz CT molecular complexity index is 936. The molecule has 0 spiro atoms. The molecule has 136 valence electrons. The van der Waals surface area contributed by atoms with Gasteiger partial charge in [-0.1, -0.05) is 0 Å². The van der Waals surface area contributed by atoms with Crippen LogP contribution in [0.1, 0.15) is 0 Å². The van der Waals surface area contributed by atoms with Gasteiger partial charge in [0.15, 0.2) is 17.5 Å². The van der Waals surface area contributed by atoms with Gasteiger partial charge in [-0.15, -0.1) is 0 Å². The Kier molecular flexibility index (Phi) is 5.23. The normalized spacial score (nSPS) is 11.7. The van der Waals surface area contributed by atoms with E-state index in [-0.39, 0.29) is 0 Å². The van der Waals surface area contributed by atoms with Crippen molar-refractivity contribution in [3.8, 4) is 17.2 Å². The maximum Gasteiger partial charge on any atom is 0.199 e. The Labute approximate surface area is 151 Å². The molecule has 0 aliphatic heterocycles. The minimum atomic E-state index is 0.378. The molecule has 0 atom stereocenters. The molecule has 1 aromatic carbocycles. The second-order valence-electron chi connectivity index (χ2n) is 5.49. The van der Waals surface area contributed by atoms with Crippen molar-refractivity contribution in [2.45, 2.75) is 0 Å². The largest absolute Gasteiger partial charge is 0.487 e. The van der Waals surface area contributed by atoms with Gasteiger partial charge in [-0.25, -0.2) is 4.98 Å². The zero-order chi connectivity index (χ0) is 18.5. The predicted octanol–water partition coefficient (Wildman–Crippen LogP) is 2.23. The molecule has 0 bridgehead atoms. The highest BCUT2D eigenvalue weighted by Crippen LogP contribution is 2.36. The third-order valence-electron chi connectivity index (χ3n) is 3.76. The van der Waals surface area contributed by atoms with Gasteiger partial charge in [0, 0.05) is 44.1 Å². The third-order valence-corrected chi connectivity index (χ3v) is 3.76. The second kappa shape index (κ2) is 7.75. The summed E-state index contributed by atoms with van der Waals surface area (Å²) in [6.07, 6.45) is 3.43. The Hall–Kier alpha value is -3.26. The quantitative estimate of drug-likeness (QED) is 0.399. The van der Waals surface area contributed by atoms with Crippen LogP contribution >= 0.6 is 0 Å². The van der Waals surface area contributed by atoms with Crippen LogP contribution in [-0.2, 0) is 4.74 Å². The average Bonchev–Trinajstić information content (AvgIpc) is 3.04. The highest BCUT2D eigenvalue weighted by atomic mass is 16.5. The van der Waals surface area contributed by atoms with Gasteiger partial charge in [0.1, 0.15) is 18.2 Å². The summed E-state index contributed by atoms with van der Waals surface area (Å²) in [6, 6.07) is 9.05. The number of nitrogens with two attached hydrogens (primary N) is 2. The van der Waals surface area contributed by atoms with E-state index in [2.05, 4.69) is 9.98 Å². The van der Waals surface area contributed by atoms with Crippen LogP contribution in [0.25, 0.3) is 10.9 Å². The van der Waals surface area contributed by atoms with Crippen LogP contribution < -0.4 is 20.9 Å². The summed E-state index contributed by atoms with van der Waals surface area (Å²) in [5, 5.41) is 0.938. The van der Waals surface area contributed by atoms with E-state index in [1.54, 1.807) is 37.1 Å². The number of nitrogens with zero attached hydrogens (tertiary/aromatic N) is 3. The van der Waals surface area contributed by atoms with E-state index in [1.807, 2.05) is 24.4 Å². The highest BCUT2D eigenvalue weighted by Gasteiger charge is 2.13. The van der Waals surface area contributed by atoms with Crippen LogP contribution in [0.2, 0.25) is 0 Å². The molecule has 8 heteroatoms. The van der Waals surface area contributed by atoms with Crippen molar-refractivity contribution in [1.82, 2.24) is 9.55 Å². The Balaban J connectivity index is 2.03. The smallest absolute Gasteiger partial charge is 0.199 e. The van der Waals surface area contributed by atoms with Gasteiger partial charge in [-0.2, -0.15) is 0 Å². The van der Waals surface area contributed by atoms with Crippen LogP contribution in [0.15, 0.2) is 47.7 Å². The Morgan fingerprint density at radius 1 is 1.19 bits per heavy atom. The maximum atomic E-state index is 5.97. The number of fused-ring (bicyclic) bond motifs is 1. The molecule has 8 nitrogen and oxygen atoms in total. The Morgan fingerprint density at radius 3 is 2.77 bits per heavy atom. The fraction of sp³-hybridized carbons (Fsp3) is 0.222. The lowest BCUT2D eigenvalue weighted by Gasteiger charge is -2.14. The topological polar surface area (TPSA) is 110 Å². The van der Waals surface area contributed by atoms with Gasteiger partial charge in [0.05, 0.1) is 12.1 Å². The summed E-state index contributed by atoms with van der Waals surface area (Å²) in [7, 11) is 3.26. The molecule has 0 saturated carbocycles. The van der Waals surface area contributed by atoms with Gasteiger partial charge in [-0.05, 0) is 18.2 Å². The van der Waals surface area contributed by atoms with Crippen LogP contribution in [-0.4, -0.2) is 42.9 Å². The summed E-state index contributed by atoms with van der Waals surface area (Å²) in [4.78, 5) is 8.00. The number of aromatic nitrogens is 2. The number of hydrogen-bond acceptors (Lipinski definition) is 6. The van der Waals surface area contributed by atoms with E-state index in [0.717, 1.165) is 10.9 Å². The van der Waals surface area contributed by atoms with Crippen molar-refractivity contribution in [1.29, 1.82) is 0 Å². The number of rotatable bonds is 6. The second-order valence-corrected chi connectivity index (χ2v) is 5.49. The summed E-state index contributed by atoms with van der Waals surface area (Å²) < 4.78 is 18.6. The molecule has 3 rings (SSSR count). The number of methoxy groups -OCH3 is 1. The molecule has 2 aromatic heterocycles. The SMILES string of the molecule is CN=C(N)n1ccc2cc(Oc3ccnc(N)c3)c(OCCOC)cc21. The van der Waals surface area contributed by atoms with Gasteiger partial charge >= 0.3 is 0 Å². The van der Waals surface area contributed by atoms with Crippen molar-refractivity contribution in [3.63, 3.8) is 0 Å². The molecule has 0 saturated heterocycles. The number of hydrogen-bond donors (Lipinski definition) is 2. The predicted molar refractivity (Wildman–Crippen MR) is 101 cm³/mol. The lowest BCUT2D eigenvalue weighted by molar-refractivity contribution is 0.145. The van der Waals surface area contributed by atoms with E-state index in [0.29, 0.717) is 42.2 Å². The van der Waals surface area contributed by atoms with Crippen LogP contribution in [0.5, 0.6) is 17.2 Å². The maximum absolute atomic E-state index is 5.97. The average molecular weight is 355 g/mol. The number of anilines is 1. The number of pyridine rings is 1. The minimum Gasteiger partial charge on any atom is -0.487 e. The molecular formula is C18H21N5O3. The van der Waals surface area contributed by atoms with Gasteiger partial charge < -0.3 is 25.7 Å². The minimum absolute atomic E-state index is 0.378. The monoisotopic (exact) mass is 355 g/mol. The molecule has 4 N–H and O–H groups in total. The number of aliphatic imine (C=N–C) groups is 1. The van der Waals surface area contributed by atoms with Crippen molar-refractivity contribution in [2.24, 2.45) is 10.7 Å². The van der Waals surface area contributed by atoms with Crippen LogP contribution in [0.4, 0.5) is 5.82 Å². The summed E-state index contributed by atoms with van der Waals surface area (Å²) in [5.41, 5.74) is 12.5. The molecule has 0 amide bonds. The van der Waals surface area contributed by atoms with Crippen LogP contribution in [0, 0.1) is 0 Å². The fourth-order valence-electron chi connectivity index (χ4n) is 2.50. The van der Waals surface area contributed by atoms with Crippen molar-refractivity contribution in [2.75, 3.05) is 33.1 Å². The molecular weight excluding hydrogens is 334 g/mol. The number of ether oxygens (including phenoxy) is 3. The molecule has 0 radical (unpaired) electrons. The van der Waals surface area contributed by atoms with E-state index in [4.69, 9.17) is 25.7 Å². The first-order valence-corrected chi connectivity index (χ1v) is 8.01. The number of nitrogen functional groups attached to an aromatic ring is 1. The van der Waals surface area contributed by atoms with Gasteiger partial charge in [0.2, 0.25) is 0 Å². The molecule has 0 fully saturated rings. The van der Waals surface area contributed by atoms with Gasteiger partial charge in [-0.3, -0.25) is 9.56 Å². The summed E-state index contributed by atoms with van der Waals surface area (Å²) in [6.45, 7) is 0.841. The van der Waals surface area contributed by atoms with E-state index in [1.165, 1.54) is 0 Å². The van der Waals surface area contributed by atoms with Crippen LogP contribution in [0.3, 0.4) is 0 Å². The molecule has 0 aliphatic rings. The molecule has 3 aromatic rings. The lowest BCUT2D eigenvalue weighted by atomic mass is 10.2. The van der Waals surface area contributed by atoms with E-state index >= 15 is 0 Å². The molecule has 2 heterocycles. The first kappa shape index (κ1) is 17.6. The number of benzene rings is 1. The van der Waals surface area contributed by atoms with Crippen molar-refractivity contribution in [3.05, 3.63) is 42.7 Å². The molecule has 0 unspecified atom stereocenters. The Morgan fingerprint density at radius 2 is 2.04 bits per heavy atom. The fourth-order valence-corrected chi connectivity index (χ4v) is 2.50. The summed E-state index contributed by atoms with van der Waals surface area (Å²) in [5.74, 6) is 2.46. The molecule has 26 heavy (non-hydrogen) atoms. The zero-order valence-electron chi connectivity index (χ0n) is 14.7. The third kappa shape index (κ3) is 3.70. The first-order valence-electron chi connectivity index (χ1n) is 8.01. The van der Waals surface area contributed by atoms with Gasteiger partial charge in [0.25, 0.3) is 0 Å². The lowest BCUT2D eigenvalue weighted by Crippen LogP contribution is -2.20. The van der Waals surface area contributed by atoms with Crippen molar-refractivity contribution >= 4 is 22.7 Å². The van der Waals surface area contributed by atoms with E-state index < -0.39 is 0 Å². The zero-order valence-corrected chi connectivity index (χ0v) is 14.7.